The van der Waals surface area contributed by atoms with E-state index in [4.69, 9.17) is 0 Å². The summed E-state index contributed by atoms with van der Waals surface area (Å²) in [6.07, 6.45) is 3.18. The summed E-state index contributed by atoms with van der Waals surface area (Å²) in [7, 11) is 0. The van der Waals surface area contributed by atoms with Crippen LogP contribution in [-0.4, -0.2) is 35.6 Å². The Hall–Kier alpha value is -0.590. The summed E-state index contributed by atoms with van der Waals surface area (Å²) in [5.74, 6) is 0. The number of nitrogens with one attached hydrogen (secondary N) is 1. The van der Waals surface area contributed by atoms with Gasteiger partial charge in [-0.1, -0.05) is 6.92 Å². The van der Waals surface area contributed by atoms with Gasteiger partial charge >= 0.3 is 0 Å². The van der Waals surface area contributed by atoms with E-state index in [1.54, 1.807) is 0 Å². The molecule has 0 aliphatic carbocycles. The average molecular weight is 253 g/mol. The van der Waals surface area contributed by atoms with Crippen LogP contribution in [0.2, 0.25) is 0 Å². The summed E-state index contributed by atoms with van der Waals surface area (Å²) < 4.78 is 0. The van der Waals surface area contributed by atoms with Crippen LogP contribution in [0, 0.1) is 11.3 Å². The zero-order valence-electron chi connectivity index (χ0n) is 13.1. The zero-order valence-corrected chi connectivity index (χ0v) is 13.1. The highest BCUT2D eigenvalue weighted by molar-refractivity contribution is 5.04. The van der Waals surface area contributed by atoms with Crippen molar-refractivity contribution in [3.8, 4) is 6.07 Å². The van der Waals surface area contributed by atoms with Crippen molar-refractivity contribution < 1.29 is 0 Å². The maximum atomic E-state index is 9.29. The lowest BCUT2D eigenvalue weighted by Crippen LogP contribution is -2.45. The summed E-state index contributed by atoms with van der Waals surface area (Å²) in [6, 6.07) is 3.36. The van der Waals surface area contributed by atoms with Crippen molar-refractivity contribution in [2.75, 3.05) is 13.1 Å². The highest BCUT2D eigenvalue weighted by Crippen LogP contribution is 2.14. The number of nitriles is 1. The Kier molecular flexibility index (Phi) is 8.22. The molecule has 0 aliphatic heterocycles. The topological polar surface area (TPSA) is 39.1 Å². The van der Waals surface area contributed by atoms with E-state index in [0.717, 1.165) is 25.9 Å². The number of nitrogens with zero attached hydrogens (tertiary/aromatic N) is 2. The first-order valence-corrected chi connectivity index (χ1v) is 7.27. The fourth-order valence-corrected chi connectivity index (χ4v) is 2.35. The molecule has 0 saturated carbocycles. The molecule has 1 atom stereocenters. The van der Waals surface area contributed by atoms with Gasteiger partial charge in [-0.15, -0.1) is 0 Å². The van der Waals surface area contributed by atoms with E-state index in [2.05, 4.69) is 50.9 Å². The van der Waals surface area contributed by atoms with E-state index in [1.807, 2.05) is 6.92 Å². The van der Waals surface area contributed by atoms with Crippen LogP contribution in [0.5, 0.6) is 0 Å². The Morgan fingerprint density at radius 3 is 2.22 bits per heavy atom. The lowest BCUT2D eigenvalue weighted by Gasteiger charge is -2.29. The van der Waals surface area contributed by atoms with Gasteiger partial charge in [0.15, 0.2) is 0 Å². The van der Waals surface area contributed by atoms with Crippen molar-refractivity contribution in [1.82, 2.24) is 10.2 Å². The molecule has 18 heavy (non-hydrogen) atoms. The van der Waals surface area contributed by atoms with Crippen LogP contribution < -0.4 is 5.32 Å². The quantitative estimate of drug-likeness (QED) is 0.686. The van der Waals surface area contributed by atoms with Crippen molar-refractivity contribution in [2.45, 2.75) is 78.4 Å². The van der Waals surface area contributed by atoms with Gasteiger partial charge in [-0.05, 0) is 67.0 Å². The molecule has 0 amide bonds. The Labute approximate surface area is 114 Å². The molecule has 3 nitrogen and oxygen atoms in total. The molecule has 1 unspecified atom stereocenters. The van der Waals surface area contributed by atoms with Crippen LogP contribution in [0.4, 0.5) is 0 Å². The molecule has 0 saturated heterocycles. The molecule has 0 aliphatic rings. The van der Waals surface area contributed by atoms with Gasteiger partial charge in [0.25, 0.3) is 0 Å². The molecule has 0 fully saturated rings. The first-order valence-electron chi connectivity index (χ1n) is 7.27. The standard InChI is InChI=1S/C15H31N3/c1-7-10-18(14(4)5)11-8-9-15(6,12-16)17-13(2)3/h13-14,17H,7-11H2,1-6H3. The fraction of sp³-hybridized carbons (Fsp3) is 0.933. The van der Waals surface area contributed by atoms with Crippen LogP contribution in [0.1, 0.15) is 60.8 Å². The highest BCUT2D eigenvalue weighted by Gasteiger charge is 2.24. The molecule has 0 aromatic rings. The second-order valence-corrected chi connectivity index (χ2v) is 5.98. The molecule has 0 bridgehead atoms. The lowest BCUT2D eigenvalue weighted by atomic mass is 9.96. The first-order chi connectivity index (χ1) is 8.34. The van der Waals surface area contributed by atoms with E-state index >= 15 is 0 Å². The van der Waals surface area contributed by atoms with E-state index in [9.17, 15) is 5.26 Å². The summed E-state index contributed by atoms with van der Waals surface area (Å²) >= 11 is 0. The molecule has 1 N–H and O–H groups in total. The molecule has 106 valence electrons. The van der Waals surface area contributed by atoms with Crippen molar-refractivity contribution in [2.24, 2.45) is 0 Å². The van der Waals surface area contributed by atoms with Gasteiger partial charge in [-0.25, -0.2) is 0 Å². The monoisotopic (exact) mass is 253 g/mol. The van der Waals surface area contributed by atoms with Gasteiger partial charge in [0.2, 0.25) is 0 Å². The molecule has 0 aromatic carbocycles. The minimum Gasteiger partial charge on any atom is -0.301 e. The normalized spacial score (nSPS) is 15.1. The smallest absolute Gasteiger partial charge is 0.104 e. The van der Waals surface area contributed by atoms with Crippen molar-refractivity contribution >= 4 is 0 Å². The largest absolute Gasteiger partial charge is 0.301 e. The second-order valence-electron chi connectivity index (χ2n) is 5.98. The molecular formula is C15H31N3. The van der Waals surface area contributed by atoms with Gasteiger partial charge in [0, 0.05) is 12.1 Å². The van der Waals surface area contributed by atoms with Crippen molar-refractivity contribution in [3.05, 3.63) is 0 Å². The molecule has 0 rings (SSSR count). The van der Waals surface area contributed by atoms with E-state index in [1.165, 1.54) is 6.42 Å². The van der Waals surface area contributed by atoms with Crippen molar-refractivity contribution in [1.29, 1.82) is 5.26 Å². The molecule has 3 heteroatoms. The average Bonchev–Trinajstić information content (AvgIpc) is 2.26. The van der Waals surface area contributed by atoms with E-state index < -0.39 is 0 Å². The molecule has 0 spiro atoms. The highest BCUT2D eigenvalue weighted by atomic mass is 15.1. The lowest BCUT2D eigenvalue weighted by molar-refractivity contribution is 0.210. The Balaban J connectivity index is 4.17. The first kappa shape index (κ1) is 17.4. The Bertz CT molecular complexity index is 255. The third kappa shape index (κ3) is 6.98. The molecule has 0 aromatic heterocycles. The van der Waals surface area contributed by atoms with Crippen LogP contribution in [0.3, 0.4) is 0 Å². The van der Waals surface area contributed by atoms with E-state index in [0.29, 0.717) is 12.1 Å². The maximum Gasteiger partial charge on any atom is 0.104 e. The number of hydrogen-bond acceptors (Lipinski definition) is 3. The summed E-state index contributed by atoms with van der Waals surface area (Å²) in [6.45, 7) is 15.1. The van der Waals surface area contributed by atoms with Gasteiger partial charge in [0.1, 0.15) is 5.54 Å². The minimum atomic E-state index is -0.386. The summed E-state index contributed by atoms with van der Waals surface area (Å²) in [5, 5.41) is 12.6. The molecule has 0 radical (unpaired) electrons. The summed E-state index contributed by atoms with van der Waals surface area (Å²) in [5.41, 5.74) is -0.386. The number of hydrogen-bond donors (Lipinski definition) is 1. The zero-order chi connectivity index (χ0) is 14.2. The predicted molar refractivity (Wildman–Crippen MR) is 78.5 cm³/mol. The minimum absolute atomic E-state index is 0.353. The van der Waals surface area contributed by atoms with Crippen LogP contribution in [-0.2, 0) is 0 Å². The Morgan fingerprint density at radius 2 is 1.83 bits per heavy atom. The molecular weight excluding hydrogens is 222 g/mol. The summed E-state index contributed by atoms with van der Waals surface area (Å²) in [4.78, 5) is 2.49. The number of rotatable bonds is 9. The van der Waals surface area contributed by atoms with Gasteiger partial charge in [-0.3, -0.25) is 5.32 Å². The molecule has 0 heterocycles. The third-order valence-corrected chi connectivity index (χ3v) is 3.22. The van der Waals surface area contributed by atoms with Crippen molar-refractivity contribution in [3.63, 3.8) is 0 Å². The van der Waals surface area contributed by atoms with Crippen LogP contribution in [0.25, 0.3) is 0 Å². The second kappa shape index (κ2) is 8.50. The maximum absolute atomic E-state index is 9.29. The van der Waals surface area contributed by atoms with Gasteiger partial charge in [-0.2, -0.15) is 5.26 Å². The van der Waals surface area contributed by atoms with Gasteiger partial charge < -0.3 is 4.90 Å². The van der Waals surface area contributed by atoms with E-state index in [-0.39, 0.29) is 5.54 Å². The van der Waals surface area contributed by atoms with Crippen LogP contribution >= 0.6 is 0 Å². The van der Waals surface area contributed by atoms with Gasteiger partial charge in [0.05, 0.1) is 6.07 Å². The SMILES string of the molecule is CCCN(CCCC(C)(C#N)NC(C)C)C(C)C. The fourth-order valence-electron chi connectivity index (χ4n) is 2.35. The van der Waals surface area contributed by atoms with Crippen LogP contribution in [0.15, 0.2) is 0 Å². The third-order valence-electron chi connectivity index (χ3n) is 3.22. The Morgan fingerprint density at radius 1 is 1.22 bits per heavy atom. The predicted octanol–water partition coefficient (Wildman–Crippen LogP) is 3.17.